The first kappa shape index (κ1) is 18.2. The van der Waals surface area contributed by atoms with Gasteiger partial charge in [0.2, 0.25) is 0 Å². The molecule has 32 heavy (non-hydrogen) atoms. The van der Waals surface area contributed by atoms with Crippen LogP contribution in [0.1, 0.15) is 0 Å². The molecule has 6 heteroatoms. The Morgan fingerprint density at radius 1 is 0.375 bits per heavy atom. The van der Waals surface area contributed by atoms with Crippen molar-refractivity contribution in [3.8, 4) is 34.2 Å². The molecule has 6 aromatic rings. The van der Waals surface area contributed by atoms with E-state index in [9.17, 15) is 0 Å². The van der Waals surface area contributed by atoms with E-state index in [1.807, 2.05) is 36.4 Å². The summed E-state index contributed by atoms with van der Waals surface area (Å²) in [5.41, 5.74) is 2.87. The highest BCUT2D eigenvalue weighted by Crippen LogP contribution is 2.42. The predicted molar refractivity (Wildman–Crippen MR) is 125 cm³/mol. The molecule has 0 aliphatic rings. The van der Waals surface area contributed by atoms with Gasteiger partial charge in [-0.3, -0.25) is 0 Å². The van der Waals surface area contributed by atoms with Gasteiger partial charge in [0.25, 0.3) is 0 Å². The fraction of sp³-hybridized carbons (Fsp3) is 0. The lowest BCUT2D eigenvalue weighted by Crippen LogP contribution is -1.97. The maximum Gasteiger partial charge on any atom is 0.160 e. The van der Waals surface area contributed by atoms with Crippen LogP contribution in [0.3, 0.4) is 0 Å². The third-order valence-corrected chi connectivity index (χ3v) is 5.43. The smallest absolute Gasteiger partial charge is 0.160 e. The summed E-state index contributed by atoms with van der Waals surface area (Å²) in [7, 11) is 0. The molecule has 0 atom stereocenters. The van der Waals surface area contributed by atoms with Crippen LogP contribution in [0.2, 0.25) is 0 Å². The van der Waals surface area contributed by atoms with Crippen LogP contribution in [0.4, 0.5) is 0 Å². The quantitative estimate of drug-likeness (QED) is 0.364. The molecule has 0 aliphatic carbocycles. The molecule has 0 saturated heterocycles. The van der Waals surface area contributed by atoms with Crippen molar-refractivity contribution in [1.82, 2.24) is 29.9 Å². The number of hydrogen-bond acceptors (Lipinski definition) is 6. The van der Waals surface area contributed by atoms with E-state index in [0.29, 0.717) is 17.5 Å². The first-order valence-electron chi connectivity index (χ1n) is 10.2. The van der Waals surface area contributed by atoms with Gasteiger partial charge in [0.15, 0.2) is 17.5 Å². The molecule has 0 aliphatic heterocycles. The van der Waals surface area contributed by atoms with Crippen LogP contribution in [0, 0.1) is 0 Å². The van der Waals surface area contributed by atoms with Crippen molar-refractivity contribution in [2.24, 2.45) is 0 Å². The molecule has 0 radical (unpaired) electrons. The van der Waals surface area contributed by atoms with Crippen LogP contribution < -0.4 is 0 Å². The van der Waals surface area contributed by atoms with E-state index in [1.54, 1.807) is 37.2 Å². The molecule has 3 aromatic heterocycles. The van der Waals surface area contributed by atoms with E-state index in [4.69, 9.17) is 0 Å². The molecule has 0 saturated carbocycles. The van der Waals surface area contributed by atoms with Gasteiger partial charge in [-0.1, -0.05) is 36.4 Å². The van der Waals surface area contributed by atoms with E-state index in [-0.39, 0.29) is 0 Å². The van der Waals surface area contributed by atoms with Gasteiger partial charge in [-0.05, 0) is 45.8 Å². The van der Waals surface area contributed by atoms with Crippen molar-refractivity contribution >= 4 is 21.5 Å². The molecule has 0 bridgehead atoms. The number of fused-ring (bicyclic) bond motifs is 2. The zero-order valence-corrected chi connectivity index (χ0v) is 16.9. The van der Waals surface area contributed by atoms with Gasteiger partial charge in [0.05, 0.1) is 0 Å². The second-order valence-electron chi connectivity index (χ2n) is 7.27. The highest BCUT2D eigenvalue weighted by Gasteiger charge is 2.19. The minimum Gasteiger partial charge on any atom is -0.237 e. The average Bonchev–Trinajstić information content (AvgIpc) is 2.88. The molecule has 0 amide bonds. The molecule has 3 aromatic carbocycles. The number of nitrogens with zero attached hydrogens (tertiary/aromatic N) is 6. The van der Waals surface area contributed by atoms with E-state index in [1.165, 1.54) is 0 Å². The number of benzene rings is 3. The van der Waals surface area contributed by atoms with Gasteiger partial charge in [0, 0.05) is 53.9 Å². The van der Waals surface area contributed by atoms with Crippen molar-refractivity contribution in [3.63, 3.8) is 0 Å². The minimum atomic E-state index is 0.667. The van der Waals surface area contributed by atoms with Gasteiger partial charge >= 0.3 is 0 Å². The SMILES string of the molecule is c1cnc(-c2ccc3c(-c4ncccn4)c4ccccc4c(-c4ncccn4)c3c2)nc1. The molecule has 6 rings (SSSR count). The summed E-state index contributed by atoms with van der Waals surface area (Å²) < 4.78 is 0. The molecular weight excluding hydrogens is 396 g/mol. The van der Waals surface area contributed by atoms with Crippen LogP contribution in [-0.4, -0.2) is 29.9 Å². The minimum absolute atomic E-state index is 0.667. The Labute approximate surface area is 183 Å². The zero-order chi connectivity index (χ0) is 21.3. The lowest BCUT2D eigenvalue weighted by atomic mass is 9.89. The van der Waals surface area contributed by atoms with Crippen molar-refractivity contribution in [3.05, 3.63) is 97.8 Å². The summed E-state index contributed by atoms with van der Waals surface area (Å²) in [5, 5.41) is 4.12. The summed E-state index contributed by atoms with van der Waals surface area (Å²) in [6.45, 7) is 0. The highest BCUT2D eigenvalue weighted by molar-refractivity contribution is 6.20. The van der Waals surface area contributed by atoms with Crippen molar-refractivity contribution in [1.29, 1.82) is 0 Å². The zero-order valence-electron chi connectivity index (χ0n) is 16.9. The maximum atomic E-state index is 4.58. The van der Waals surface area contributed by atoms with Crippen LogP contribution in [0.15, 0.2) is 97.8 Å². The predicted octanol–water partition coefficient (Wildman–Crippen LogP) is 5.36. The molecule has 0 spiro atoms. The lowest BCUT2D eigenvalue weighted by Gasteiger charge is -2.16. The second kappa shape index (κ2) is 7.59. The molecule has 3 heterocycles. The monoisotopic (exact) mass is 412 g/mol. The normalized spacial score (nSPS) is 11.1. The molecule has 150 valence electrons. The molecule has 0 N–H and O–H groups in total. The standard InChI is InChI=1S/C26H16N6/c1-2-7-19-18(6-1)22(25-29-12-4-13-30-25)20-9-8-17(24-27-10-3-11-28-24)16-21(20)23(19)26-31-14-5-15-32-26/h1-16H. The molecule has 6 nitrogen and oxygen atoms in total. The van der Waals surface area contributed by atoms with Crippen LogP contribution >= 0.6 is 0 Å². The lowest BCUT2D eigenvalue weighted by molar-refractivity contribution is 1.17. The topological polar surface area (TPSA) is 77.3 Å². The second-order valence-corrected chi connectivity index (χ2v) is 7.27. The Balaban J connectivity index is 1.80. The Bertz CT molecular complexity index is 1550. The Morgan fingerprint density at radius 2 is 0.812 bits per heavy atom. The summed E-state index contributed by atoms with van der Waals surface area (Å²) in [5.74, 6) is 2.01. The van der Waals surface area contributed by atoms with Crippen LogP contribution in [0.25, 0.3) is 55.7 Å². The molecule has 0 unspecified atom stereocenters. The summed E-state index contributed by atoms with van der Waals surface area (Å²) >= 11 is 0. The van der Waals surface area contributed by atoms with E-state index in [0.717, 1.165) is 38.2 Å². The van der Waals surface area contributed by atoms with Crippen LogP contribution in [0.5, 0.6) is 0 Å². The van der Waals surface area contributed by atoms with Gasteiger partial charge < -0.3 is 0 Å². The Hall–Kier alpha value is -4.58. The van der Waals surface area contributed by atoms with Gasteiger partial charge in [-0.15, -0.1) is 0 Å². The van der Waals surface area contributed by atoms with Crippen molar-refractivity contribution in [2.45, 2.75) is 0 Å². The fourth-order valence-electron chi connectivity index (χ4n) is 4.10. The van der Waals surface area contributed by atoms with Gasteiger partial charge in [0.1, 0.15) is 0 Å². The largest absolute Gasteiger partial charge is 0.237 e. The third-order valence-electron chi connectivity index (χ3n) is 5.43. The molecular formula is C26H16N6. The average molecular weight is 412 g/mol. The highest BCUT2D eigenvalue weighted by atomic mass is 14.9. The fourth-order valence-corrected chi connectivity index (χ4v) is 4.10. The number of hydrogen-bond donors (Lipinski definition) is 0. The third kappa shape index (κ3) is 2.97. The Kier molecular flexibility index (Phi) is 4.32. The first-order chi connectivity index (χ1) is 15.9. The summed E-state index contributed by atoms with van der Waals surface area (Å²) in [4.78, 5) is 27.2. The van der Waals surface area contributed by atoms with E-state index < -0.39 is 0 Å². The van der Waals surface area contributed by atoms with Crippen molar-refractivity contribution in [2.75, 3.05) is 0 Å². The summed E-state index contributed by atoms with van der Waals surface area (Å²) in [6.07, 6.45) is 10.6. The summed E-state index contributed by atoms with van der Waals surface area (Å²) in [6, 6.07) is 19.9. The number of aromatic nitrogens is 6. The maximum absolute atomic E-state index is 4.58. The van der Waals surface area contributed by atoms with Gasteiger partial charge in [-0.2, -0.15) is 0 Å². The first-order valence-corrected chi connectivity index (χ1v) is 10.2. The number of rotatable bonds is 3. The van der Waals surface area contributed by atoms with Gasteiger partial charge in [-0.25, -0.2) is 29.9 Å². The molecule has 0 fully saturated rings. The van der Waals surface area contributed by atoms with E-state index in [2.05, 4.69) is 54.2 Å². The Morgan fingerprint density at radius 3 is 1.34 bits per heavy atom. The van der Waals surface area contributed by atoms with E-state index >= 15 is 0 Å². The van der Waals surface area contributed by atoms with Crippen molar-refractivity contribution < 1.29 is 0 Å². The van der Waals surface area contributed by atoms with Crippen LogP contribution in [-0.2, 0) is 0 Å².